The molecule has 0 aliphatic heterocycles. The number of carbonyl (C=O) groups excluding carboxylic acids is 1. The van der Waals surface area contributed by atoms with E-state index in [1.165, 1.54) is 19.2 Å². The summed E-state index contributed by atoms with van der Waals surface area (Å²) in [6, 6.07) is 3.78. The highest BCUT2D eigenvalue weighted by atomic mass is 16.5. The molecule has 0 saturated heterocycles. The highest BCUT2D eigenvalue weighted by Crippen LogP contribution is 2.51. The van der Waals surface area contributed by atoms with Crippen molar-refractivity contribution in [2.75, 3.05) is 7.11 Å². The third-order valence-corrected chi connectivity index (χ3v) is 3.39. The van der Waals surface area contributed by atoms with Gasteiger partial charge < -0.3 is 20.7 Å². The van der Waals surface area contributed by atoms with E-state index >= 15 is 0 Å². The fourth-order valence-corrected chi connectivity index (χ4v) is 2.10. The molecule has 92 valence electrons. The van der Waals surface area contributed by atoms with Crippen LogP contribution in [0.15, 0.2) is 18.2 Å². The Bertz CT molecular complexity index is 454. The second-order valence-electron chi connectivity index (χ2n) is 4.36. The second-order valence-corrected chi connectivity index (χ2v) is 4.36. The van der Waals surface area contributed by atoms with Crippen LogP contribution in [0, 0.1) is 0 Å². The maximum absolute atomic E-state index is 11.5. The first-order valence-electron chi connectivity index (χ1n) is 5.37. The van der Waals surface area contributed by atoms with Crippen molar-refractivity contribution in [3.63, 3.8) is 0 Å². The molecule has 0 spiro atoms. The summed E-state index contributed by atoms with van der Waals surface area (Å²) >= 11 is 0. The summed E-state index contributed by atoms with van der Waals surface area (Å²) < 4.78 is 4.64. The van der Waals surface area contributed by atoms with E-state index < -0.39 is 17.4 Å². The summed E-state index contributed by atoms with van der Waals surface area (Å²) in [7, 11) is 1.30. The van der Waals surface area contributed by atoms with Gasteiger partial charge in [-0.1, -0.05) is 6.07 Å². The molecule has 0 radical (unpaired) electrons. The third-order valence-electron chi connectivity index (χ3n) is 3.39. The molecule has 1 fully saturated rings. The molecule has 1 saturated carbocycles. The maximum atomic E-state index is 11.5. The van der Waals surface area contributed by atoms with Gasteiger partial charge in [-0.3, -0.25) is 4.79 Å². The number of methoxy groups -OCH3 is 1. The molecule has 5 nitrogen and oxygen atoms in total. The molecule has 1 aliphatic carbocycles. The fourth-order valence-electron chi connectivity index (χ4n) is 2.10. The van der Waals surface area contributed by atoms with Crippen molar-refractivity contribution in [3.8, 4) is 11.5 Å². The summed E-state index contributed by atoms with van der Waals surface area (Å²) in [6.45, 7) is 0. The number of ether oxygens (including phenoxy) is 1. The average Bonchev–Trinajstić information content (AvgIpc) is 3.12. The molecule has 1 aliphatic rings. The first kappa shape index (κ1) is 11.7. The SMILES string of the molecule is COC(=O)C(N)C1(c2ccc(O)c(O)c2)CC1. The van der Waals surface area contributed by atoms with E-state index in [1.54, 1.807) is 6.07 Å². The van der Waals surface area contributed by atoms with E-state index in [2.05, 4.69) is 4.74 Å². The number of esters is 1. The number of aromatic hydroxyl groups is 2. The number of hydrogen-bond donors (Lipinski definition) is 3. The average molecular weight is 237 g/mol. The molecule has 17 heavy (non-hydrogen) atoms. The number of rotatable bonds is 3. The second kappa shape index (κ2) is 3.92. The van der Waals surface area contributed by atoms with Gasteiger partial charge in [0.2, 0.25) is 0 Å². The molecule has 0 heterocycles. The number of hydrogen-bond acceptors (Lipinski definition) is 5. The van der Waals surface area contributed by atoms with Crippen LogP contribution in [0.25, 0.3) is 0 Å². The van der Waals surface area contributed by atoms with Crippen LogP contribution in [0.2, 0.25) is 0 Å². The van der Waals surface area contributed by atoms with E-state index in [-0.39, 0.29) is 11.5 Å². The Kier molecular flexibility index (Phi) is 2.71. The number of carbonyl (C=O) groups is 1. The number of nitrogens with two attached hydrogens (primary N) is 1. The van der Waals surface area contributed by atoms with Crippen molar-refractivity contribution in [3.05, 3.63) is 23.8 Å². The fraction of sp³-hybridized carbons (Fsp3) is 0.417. The van der Waals surface area contributed by atoms with Crippen molar-refractivity contribution in [2.24, 2.45) is 5.73 Å². The summed E-state index contributed by atoms with van der Waals surface area (Å²) in [4.78, 5) is 11.5. The Morgan fingerprint density at radius 1 is 1.41 bits per heavy atom. The third kappa shape index (κ3) is 1.82. The van der Waals surface area contributed by atoms with E-state index in [0.29, 0.717) is 0 Å². The molecule has 1 aromatic carbocycles. The van der Waals surface area contributed by atoms with E-state index in [4.69, 9.17) is 5.73 Å². The van der Waals surface area contributed by atoms with Crippen LogP contribution >= 0.6 is 0 Å². The lowest BCUT2D eigenvalue weighted by atomic mass is 9.88. The Morgan fingerprint density at radius 2 is 2.06 bits per heavy atom. The summed E-state index contributed by atoms with van der Waals surface area (Å²) in [5.41, 5.74) is 6.16. The summed E-state index contributed by atoms with van der Waals surface area (Å²) in [5, 5.41) is 18.7. The predicted molar refractivity (Wildman–Crippen MR) is 60.7 cm³/mol. The molecule has 0 amide bonds. The van der Waals surface area contributed by atoms with Crippen LogP contribution in [0.1, 0.15) is 18.4 Å². The van der Waals surface area contributed by atoms with Gasteiger partial charge in [-0.25, -0.2) is 0 Å². The first-order chi connectivity index (χ1) is 8.01. The van der Waals surface area contributed by atoms with Crippen LogP contribution in [-0.2, 0) is 14.9 Å². The van der Waals surface area contributed by atoms with Crippen molar-refractivity contribution in [2.45, 2.75) is 24.3 Å². The topological polar surface area (TPSA) is 92.8 Å². The van der Waals surface area contributed by atoms with Crippen molar-refractivity contribution in [1.29, 1.82) is 0 Å². The molecule has 1 aromatic rings. The Hall–Kier alpha value is -1.75. The van der Waals surface area contributed by atoms with Crippen LogP contribution in [-0.4, -0.2) is 29.3 Å². The lowest BCUT2D eigenvalue weighted by Gasteiger charge is -2.21. The minimum Gasteiger partial charge on any atom is -0.504 e. The molecule has 2 rings (SSSR count). The van der Waals surface area contributed by atoms with E-state index in [0.717, 1.165) is 18.4 Å². The number of benzene rings is 1. The quantitative estimate of drug-likeness (QED) is 0.529. The minimum absolute atomic E-state index is 0.184. The molecule has 5 heteroatoms. The van der Waals surface area contributed by atoms with Gasteiger partial charge in [0.05, 0.1) is 7.11 Å². The van der Waals surface area contributed by atoms with E-state index in [9.17, 15) is 15.0 Å². The van der Waals surface area contributed by atoms with Crippen LogP contribution in [0.5, 0.6) is 11.5 Å². The van der Waals surface area contributed by atoms with Crippen molar-refractivity contribution in [1.82, 2.24) is 0 Å². The molecule has 4 N–H and O–H groups in total. The molecular formula is C12H15NO4. The van der Waals surface area contributed by atoms with Gasteiger partial charge in [0.25, 0.3) is 0 Å². The monoisotopic (exact) mass is 237 g/mol. The molecule has 0 bridgehead atoms. The maximum Gasteiger partial charge on any atom is 0.323 e. The Balaban J connectivity index is 2.32. The van der Waals surface area contributed by atoms with Gasteiger partial charge in [-0.15, -0.1) is 0 Å². The zero-order valence-corrected chi connectivity index (χ0v) is 9.51. The van der Waals surface area contributed by atoms with Gasteiger partial charge >= 0.3 is 5.97 Å². The largest absolute Gasteiger partial charge is 0.504 e. The number of phenols is 2. The zero-order valence-electron chi connectivity index (χ0n) is 9.51. The van der Waals surface area contributed by atoms with Crippen molar-refractivity contribution < 1.29 is 19.7 Å². The Morgan fingerprint density at radius 3 is 2.53 bits per heavy atom. The summed E-state index contributed by atoms with van der Waals surface area (Å²) in [6.07, 6.45) is 1.54. The Labute approximate surface area is 98.8 Å². The normalized spacial score (nSPS) is 18.5. The standard InChI is InChI=1S/C12H15NO4/c1-17-11(16)10(13)12(4-5-12)7-2-3-8(14)9(15)6-7/h2-3,6,10,14-15H,4-5,13H2,1H3. The highest BCUT2D eigenvalue weighted by molar-refractivity contribution is 5.79. The molecule has 0 aromatic heterocycles. The van der Waals surface area contributed by atoms with Crippen LogP contribution in [0.4, 0.5) is 0 Å². The van der Waals surface area contributed by atoms with E-state index in [1.807, 2.05) is 0 Å². The minimum atomic E-state index is -0.739. The van der Waals surface area contributed by atoms with Gasteiger partial charge in [-0.2, -0.15) is 0 Å². The van der Waals surface area contributed by atoms with Crippen LogP contribution < -0.4 is 5.73 Å². The zero-order chi connectivity index (χ0) is 12.6. The van der Waals surface area contributed by atoms with Gasteiger partial charge in [0.1, 0.15) is 6.04 Å². The first-order valence-corrected chi connectivity index (χ1v) is 5.37. The molecular weight excluding hydrogens is 222 g/mol. The summed E-state index contributed by atoms with van der Waals surface area (Å²) in [5.74, 6) is -0.850. The smallest absolute Gasteiger partial charge is 0.323 e. The van der Waals surface area contributed by atoms with Gasteiger partial charge in [0.15, 0.2) is 11.5 Å². The lowest BCUT2D eigenvalue weighted by Crippen LogP contribution is -2.42. The van der Waals surface area contributed by atoms with Gasteiger partial charge in [-0.05, 0) is 30.5 Å². The van der Waals surface area contributed by atoms with Crippen LogP contribution in [0.3, 0.4) is 0 Å². The predicted octanol–water partition coefficient (Wildman–Crippen LogP) is 0.630. The van der Waals surface area contributed by atoms with Crippen molar-refractivity contribution >= 4 is 5.97 Å². The highest BCUT2D eigenvalue weighted by Gasteiger charge is 2.52. The van der Waals surface area contributed by atoms with Gasteiger partial charge in [0, 0.05) is 5.41 Å². The molecule has 1 unspecified atom stereocenters. The number of phenolic OH excluding ortho intramolecular Hbond substituents is 2. The lowest BCUT2D eigenvalue weighted by molar-refractivity contribution is -0.143. The molecule has 1 atom stereocenters.